The number of furan rings is 1. The molecule has 3 aliphatic rings. The van der Waals surface area contributed by atoms with Crippen LogP contribution in [0.2, 0.25) is 0 Å². The van der Waals surface area contributed by atoms with Crippen LogP contribution in [-0.4, -0.2) is 0 Å². The van der Waals surface area contributed by atoms with Gasteiger partial charge in [0.05, 0.1) is 5.41 Å². The van der Waals surface area contributed by atoms with Crippen LogP contribution < -0.4 is 4.90 Å². The number of benzene rings is 9. The predicted octanol–water partition coefficient (Wildman–Crippen LogP) is 15.4. The molecule has 0 unspecified atom stereocenters. The molecule has 0 amide bonds. The smallest absolute Gasteiger partial charge is 0.137 e. The summed E-state index contributed by atoms with van der Waals surface area (Å²) < 4.78 is 6.46. The van der Waals surface area contributed by atoms with Crippen molar-refractivity contribution in [2.75, 3.05) is 4.90 Å². The molecule has 0 radical (unpaired) electrons. The summed E-state index contributed by atoms with van der Waals surface area (Å²) in [6.07, 6.45) is 0. The van der Waals surface area contributed by atoms with E-state index in [2.05, 4.69) is 213 Å². The topological polar surface area (TPSA) is 16.4 Å². The largest absolute Gasteiger partial charge is 0.456 e. The lowest BCUT2D eigenvalue weighted by Crippen LogP contribution is -2.25. The summed E-state index contributed by atoms with van der Waals surface area (Å²) in [5.41, 5.74) is 23.0. The summed E-state index contributed by atoms with van der Waals surface area (Å²) in [6, 6.07) is 74.2. The van der Waals surface area contributed by atoms with Gasteiger partial charge >= 0.3 is 0 Å². The fourth-order valence-electron chi connectivity index (χ4n) is 11.2. The minimum absolute atomic E-state index is 0.120. The molecule has 2 nitrogen and oxygen atoms in total. The Morgan fingerprint density at radius 1 is 0.333 bits per heavy atom. The molecule has 0 bridgehead atoms. The molecule has 1 aromatic heterocycles. The number of anilines is 3. The lowest BCUT2D eigenvalue weighted by molar-refractivity contribution is 0.660. The Hall–Kier alpha value is -7.42. The van der Waals surface area contributed by atoms with E-state index in [1.54, 1.807) is 0 Å². The summed E-state index contributed by atoms with van der Waals surface area (Å²) in [6.45, 7) is 4.70. The fourth-order valence-corrected chi connectivity index (χ4v) is 11.2. The monoisotopic (exact) mass is 765 g/mol. The second-order valence-electron chi connectivity index (χ2n) is 17.2. The van der Waals surface area contributed by atoms with Gasteiger partial charge in [0.1, 0.15) is 11.2 Å². The van der Waals surface area contributed by atoms with Gasteiger partial charge in [-0.1, -0.05) is 159 Å². The highest BCUT2D eigenvalue weighted by Crippen LogP contribution is 2.63. The SMILES string of the molecule is CC1(C)c2ccccc2-c2ccc(N(c3ccc(-c4ccc5c(c4)C4(c6ccccc6-c6ccccc64)c4ccccc4-5)cc3)c3ccc4c(c3)oc3ccccc34)cc21. The van der Waals surface area contributed by atoms with Gasteiger partial charge < -0.3 is 9.32 Å². The third-order valence-electron chi connectivity index (χ3n) is 13.9. The molecule has 10 aromatic rings. The van der Waals surface area contributed by atoms with Crippen molar-refractivity contribution in [1.82, 2.24) is 0 Å². The lowest BCUT2D eigenvalue weighted by atomic mass is 9.70. The molecule has 0 atom stereocenters. The molecular formula is C58H39NO. The van der Waals surface area contributed by atoms with Crippen LogP contribution in [0.25, 0.3) is 66.4 Å². The maximum absolute atomic E-state index is 6.46. The maximum Gasteiger partial charge on any atom is 0.137 e. The average Bonchev–Trinajstić information content (AvgIpc) is 3.98. The minimum atomic E-state index is -0.373. The first kappa shape index (κ1) is 33.5. The van der Waals surface area contributed by atoms with Crippen LogP contribution in [0, 0.1) is 0 Å². The molecule has 3 aliphatic carbocycles. The molecule has 1 spiro atoms. The van der Waals surface area contributed by atoms with E-state index in [9.17, 15) is 0 Å². The zero-order valence-corrected chi connectivity index (χ0v) is 33.4. The Morgan fingerprint density at radius 2 is 0.800 bits per heavy atom. The van der Waals surface area contributed by atoms with Crippen LogP contribution in [0.5, 0.6) is 0 Å². The van der Waals surface area contributed by atoms with Gasteiger partial charge in [0.2, 0.25) is 0 Å². The Bertz CT molecular complexity index is 3360. The van der Waals surface area contributed by atoms with Crippen LogP contribution in [0.3, 0.4) is 0 Å². The fraction of sp³-hybridized carbons (Fsp3) is 0.0690. The van der Waals surface area contributed by atoms with Gasteiger partial charge in [-0.25, -0.2) is 0 Å². The van der Waals surface area contributed by atoms with Crippen molar-refractivity contribution in [1.29, 1.82) is 0 Å². The second kappa shape index (κ2) is 12.1. The van der Waals surface area contributed by atoms with Crippen LogP contribution in [0.1, 0.15) is 47.2 Å². The third kappa shape index (κ3) is 4.38. The van der Waals surface area contributed by atoms with E-state index in [1.165, 1.54) is 77.9 Å². The van der Waals surface area contributed by atoms with Gasteiger partial charge in [-0.2, -0.15) is 0 Å². The molecule has 2 heteroatoms. The van der Waals surface area contributed by atoms with Crippen molar-refractivity contribution in [2.45, 2.75) is 24.7 Å². The van der Waals surface area contributed by atoms with Crippen molar-refractivity contribution >= 4 is 39.0 Å². The van der Waals surface area contributed by atoms with Crippen molar-refractivity contribution in [3.05, 3.63) is 234 Å². The first-order valence-corrected chi connectivity index (χ1v) is 21.0. The van der Waals surface area contributed by atoms with Gasteiger partial charge in [-0.15, -0.1) is 0 Å². The average molecular weight is 766 g/mol. The summed E-state index contributed by atoms with van der Waals surface area (Å²) in [7, 11) is 0. The normalized spacial score (nSPS) is 14.4. The highest BCUT2D eigenvalue weighted by Gasteiger charge is 2.51. The van der Waals surface area contributed by atoms with E-state index in [-0.39, 0.29) is 10.8 Å². The Kier molecular flexibility index (Phi) is 6.74. The number of rotatable bonds is 4. The first-order valence-electron chi connectivity index (χ1n) is 21.0. The third-order valence-corrected chi connectivity index (χ3v) is 13.9. The lowest BCUT2D eigenvalue weighted by Gasteiger charge is -2.30. The number of para-hydroxylation sites is 1. The number of hydrogen-bond acceptors (Lipinski definition) is 2. The van der Waals surface area contributed by atoms with E-state index >= 15 is 0 Å². The first-order chi connectivity index (χ1) is 29.5. The standard InChI is InChI=1S/C58H39NO/c1-57(2)49-18-8-3-13-41(49)45-31-28-39(34-53(45)57)59(40-29-32-48-47-17-7-12-22-55(47)60-56(48)35-40)38-26-23-36(24-27-38)37-25-30-46-44-16-6-11-21-52(44)58(54(46)33-37)50-19-9-4-14-42(50)43-15-5-10-20-51(43)58/h3-35H,1-2H3. The van der Waals surface area contributed by atoms with Crippen molar-refractivity contribution in [3.8, 4) is 44.5 Å². The molecule has 1 heterocycles. The predicted molar refractivity (Wildman–Crippen MR) is 248 cm³/mol. The van der Waals surface area contributed by atoms with Gasteiger partial charge in [0.25, 0.3) is 0 Å². The molecule has 9 aromatic carbocycles. The molecule has 13 rings (SSSR count). The van der Waals surface area contributed by atoms with E-state index in [0.29, 0.717) is 0 Å². The second-order valence-corrected chi connectivity index (χ2v) is 17.2. The number of hydrogen-bond donors (Lipinski definition) is 0. The zero-order chi connectivity index (χ0) is 39.7. The van der Waals surface area contributed by atoms with E-state index in [1.807, 2.05) is 6.07 Å². The highest BCUT2D eigenvalue weighted by molar-refractivity contribution is 6.06. The van der Waals surface area contributed by atoms with Crippen LogP contribution in [0.4, 0.5) is 17.1 Å². The van der Waals surface area contributed by atoms with Crippen molar-refractivity contribution < 1.29 is 4.42 Å². The zero-order valence-electron chi connectivity index (χ0n) is 33.4. The van der Waals surface area contributed by atoms with E-state index in [0.717, 1.165) is 39.0 Å². The van der Waals surface area contributed by atoms with Crippen LogP contribution in [0.15, 0.2) is 205 Å². The van der Waals surface area contributed by atoms with Gasteiger partial charge in [0, 0.05) is 39.3 Å². The van der Waals surface area contributed by atoms with Crippen molar-refractivity contribution in [2.24, 2.45) is 0 Å². The molecule has 60 heavy (non-hydrogen) atoms. The van der Waals surface area contributed by atoms with Gasteiger partial charge in [0.15, 0.2) is 0 Å². The maximum atomic E-state index is 6.46. The molecular weight excluding hydrogens is 727 g/mol. The molecule has 282 valence electrons. The molecule has 0 aliphatic heterocycles. The van der Waals surface area contributed by atoms with Gasteiger partial charge in [-0.05, 0) is 126 Å². The molecule has 0 N–H and O–H groups in total. The van der Waals surface area contributed by atoms with Crippen molar-refractivity contribution in [3.63, 3.8) is 0 Å². The molecule has 0 saturated heterocycles. The van der Waals surface area contributed by atoms with Crippen LogP contribution >= 0.6 is 0 Å². The summed E-state index contributed by atoms with van der Waals surface area (Å²) in [5.74, 6) is 0. The Morgan fingerprint density at radius 3 is 1.48 bits per heavy atom. The Labute approximate surface area is 349 Å². The van der Waals surface area contributed by atoms with E-state index in [4.69, 9.17) is 4.42 Å². The summed E-state index contributed by atoms with van der Waals surface area (Å²) in [5, 5.41) is 2.26. The van der Waals surface area contributed by atoms with Crippen LogP contribution in [-0.2, 0) is 10.8 Å². The Balaban J connectivity index is 0.960. The summed E-state index contributed by atoms with van der Waals surface area (Å²) in [4.78, 5) is 2.39. The minimum Gasteiger partial charge on any atom is -0.456 e. The highest BCUT2D eigenvalue weighted by atomic mass is 16.3. The molecule has 0 saturated carbocycles. The quantitative estimate of drug-likeness (QED) is 0.177. The molecule has 0 fully saturated rings. The summed E-state index contributed by atoms with van der Waals surface area (Å²) >= 11 is 0. The number of fused-ring (bicyclic) bond motifs is 16. The number of nitrogens with zero attached hydrogens (tertiary/aromatic N) is 1. The van der Waals surface area contributed by atoms with E-state index < -0.39 is 0 Å². The van der Waals surface area contributed by atoms with Gasteiger partial charge in [-0.3, -0.25) is 0 Å².